The van der Waals surface area contributed by atoms with Crippen LogP contribution in [0.3, 0.4) is 0 Å². The summed E-state index contributed by atoms with van der Waals surface area (Å²) in [5.41, 5.74) is 0.913. The van der Waals surface area contributed by atoms with E-state index in [1.54, 1.807) is 18.2 Å². The lowest BCUT2D eigenvalue weighted by Crippen LogP contribution is -2.22. The Labute approximate surface area is 153 Å². The van der Waals surface area contributed by atoms with Crippen molar-refractivity contribution >= 4 is 21.8 Å². The van der Waals surface area contributed by atoms with Crippen LogP contribution < -0.4 is 10.1 Å². The third-order valence-electron chi connectivity index (χ3n) is 3.85. The average Bonchev–Trinajstić information content (AvgIpc) is 2.59. The van der Waals surface area contributed by atoms with Crippen molar-refractivity contribution < 1.29 is 14.6 Å². The fourth-order valence-corrected chi connectivity index (χ4v) is 2.70. The summed E-state index contributed by atoms with van der Waals surface area (Å²) in [4.78, 5) is 13.8. The first-order chi connectivity index (χ1) is 11.7. The third kappa shape index (κ3) is 8.96. The Hall–Kier alpha value is -1.49. The van der Waals surface area contributed by atoms with E-state index in [0.717, 1.165) is 24.8 Å². The van der Waals surface area contributed by atoms with Crippen LogP contribution in [0.2, 0.25) is 0 Å². The zero-order chi connectivity index (χ0) is 17.6. The van der Waals surface area contributed by atoms with Crippen LogP contribution >= 0.6 is 15.9 Å². The molecule has 0 unspecified atom stereocenters. The van der Waals surface area contributed by atoms with Gasteiger partial charge in [-0.15, -0.1) is 0 Å². The van der Waals surface area contributed by atoms with Gasteiger partial charge in [-0.25, -0.2) is 0 Å². The minimum Gasteiger partial charge on any atom is -0.504 e. The van der Waals surface area contributed by atoms with Crippen molar-refractivity contribution in [3.8, 4) is 11.5 Å². The number of methoxy groups -OCH3 is 1. The Balaban J connectivity index is 2.08. The first-order valence-corrected chi connectivity index (χ1v) is 9.46. The summed E-state index contributed by atoms with van der Waals surface area (Å²) in [5.74, 6) is 0.605. The van der Waals surface area contributed by atoms with E-state index in [9.17, 15) is 9.90 Å². The van der Waals surface area contributed by atoms with Crippen LogP contribution in [0.4, 0.5) is 0 Å². The van der Waals surface area contributed by atoms with E-state index >= 15 is 0 Å². The van der Waals surface area contributed by atoms with Gasteiger partial charge < -0.3 is 15.2 Å². The van der Waals surface area contributed by atoms with Gasteiger partial charge in [0, 0.05) is 13.0 Å². The van der Waals surface area contributed by atoms with E-state index in [1.165, 1.54) is 32.8 Å². The molecule has 0 atom stereocenters. The maximum atomic E-state index is 11.8. The summed E-state index contributed by atoms with van der Waals surface area (Å²) in [6.07, 6.45) is 10.8. The van der Waals surface area contributed by atoms with Crippen LogP contribution in [-0.4, -0.2) is 18.1 Å². The highest BCUT2D eigenvalue weighted by Crippen LogP contribution is 2.26. The number of hydrogen-bond donors (Lipinski definition) is 2. The largest absolute Gasteiger partial charge is 0.504 e. The smallest absolute Gasteiger partial charge is 0.220 e. The molecule has 0 aliphatic rings. The molecule has 0 bridgehead atoms. The number of nitrogens with one attached hydrogen (secondary N) is 1. The molecule has 0 fully saturated rings. The summed E-state index contributed by atoms with van der Waals surface area (Å²) in [7, 11) is 1.51. The van der Waals surface area contributed by atoms with Crippen molar-refractivity contribution in [1.29, 1.82) is 0 Å². The summed E-state index contributed by atoms with van der Waals surface area (Å²) in [6, 6.07) is 5.09. The highest BCUT2D eigenvalue weighted by Gasteiger charge is 2.05. The summed E-state index contributed by atoms with van der Waals surface area (Å²) < 4.78 is 5.06. The molecule has 0 aliphatic carbocycles. The second-order valence-electron chi connectivity index (χ2n) is 5.80. The van der Waals surface area contributed by atoms with Gasteiger partial charge >= 0.3 is 0 Å². The van der Waals surface area contributed by atoms with Gasteiger partial charge in [-0.1, -0.05) is 53.8 Å². The number of aromatic hydroxyl groups is 1. The number of unbranched alkanes of at least 4 members (excludes halogenated alkanes) is 6. The van der Waals surface area contributed by atoms with Crippen molar-refractivity contribution in [3.63, 3.8) is 0 Å². The number of amides is 1. The van der Waals surface area contributed by atoms with Crippen LogP contribution in [0.5, 0.6) is 11.5 Å². The molecule has 1 rings (SSSR count). The Kier molecular flexibility index (Phi) is 11.0. The van der Waals surface area contributed by atoms with Crippen molar-refractivity contribution in [3.05, 3.63) is 34.8 Å². The molecule has 0 saturated heterocycles. The predicted molar refractivity (Wildman–Crippen MR) is 102 cm³/mol. The van der Waals surface area contributed by atoms with Gasteiger partial charge in [0.15, 0.2) is 11.5 Å². The summed E-state index contributed by atoms with van der Waals surface area (Å²) in [5, 5.41) is 12.4. The maximum Gasteiger partial charge on any atom is 0.220 e. The van der Waals surface area contributed by atoms with Crippen LogP contribution in [-0.2, 0) is 11.3 Å². The SMILES string of the molecule is COc1cc(CNC(=O)CCCCCCCCC=CBr)ccc1O. The van der Waals surface area contributed by atoms with E-state index in [2.05, 4.69) is 27.3 Å². The zero-order valence-corrected chi connectivity index (χ0v) is 16.0. The average molecular weight is 398 g/mol. The van der Waals surface area contributed by atoms with E-state index < -0.39 is 0 Å². The molecule has 0 saturated carbocycles. The first kappa shape index (κ1) is 20.6. The quantitative estimate of drug-likeness (QED) is 0.485. The van der Waals surface area contributed by atoms with Crippen LogP contribution in [0, 0.1) is 0 Å². The Morgan fingerprint density at radius 1 is 1.21 bits per heavy atom. The summed E-state index contributed by atoms with van der Waals surface area (Å²) >= 11 is 3.27. The van der Waals surface area contributed by atoms with Gasteiger partial charge in [0.2, 0.25) is 5.91 Å². The first-order valence-electron chi connectivity index (χ1n) is 8.55. The molecule has 1 aromatic carbocycles. The second kappa shape index (κ2) is 12.9. The number of carbonyl (C=O) groups excluding carboxylic acids is 1. The third-order valence-corrected chi connectivity index (χ3v) is 4.22. The van der Waals surface area contributed by atoms with Gasteiger partial charge in [0.1, 0.15) is 0 Å². The normalized spacial score (nSPS) is 10.9. The standard InChI is InChI=1S/C19H28BrNO3/c1-24-18-14-16(11-12-17(18)22)15-21-19(23)10-8-6-4-2-3-5-7-9-13-20/h9,11-14,22H,2-8,10,15H2,1H3,(H,21,23). The Morgan fingerprint density at radius 2 is 1.92 bits per heavy atom. The number of phenolic OH excluding ortho intramolecular Hbond substituents is 1. The van der Waals surface area contributed by atoms with Gasteiger partial charge in [0.25, 0.3) is 0 Å². The minimum atomic E-state index is 0.0736. The second-order valence-corrected chi connectivity index (χ2v) is 6.33. The molecule has 2 N–H and O–H groups in total. The molecular formula is C19H28BrNO3. The number of hydrogen-bond acceptors (Lipinski definition) is 3. The molecule has 5 heteroatoms. The molecule has 0 aliphatic heterocycles. The molecule has 1 aromatic rings. The monoisotopic (exact) mass is 397 g/mol. The minimum absolute atomic E-state index is 0.0736. The molecule has 0 radical (unpaired) electrons. The zero-order valence-electron chi connectivity index (χ0n) is 14.4. The molecule has 134 valence electrons. The van der Waals surface area contributed by atoms with Gasteiger partial charge in [-0.05, 0) is 41.9 Å². The Bertz CT molecular complexity index is 517. The molecule has 0 heterocycles. The molecule has 24 heavy (non-hydrogen) atoms. The van der Waals surface area contributed by atoms with Crippen LogP contribution in [0.15, 0.2) is 29.3 Å². The van der Waals surface area contributed by atoms with Crippen LogP contribution in [0.1, 0.15) is 56.9 Å². The maximum absolute atomic E-state index is 11.8. The number of allylic oxidation sites excluding steroid dienone is 1. The number of halogens is 1. The number of rotatable bonds is 12. The fourth-order valence-electron chi connectivity index (χ4n) is 2.44. The summed E-state index contributed by atoms with van der Waals surface area (Å²) in [6.45, 7) is 0.455. The number of benzene rings is 1. The van der Waals surface area contributed by atoms with Crippen molar-refractivity contribution in [2.24, 2.45) is 0 Å². The number of ether oxygens (including phenoxy) is 1. The predicted octanol–water partition coefficient (Wildman–Crippen LogP) is 5.05. The molecule has 4 nitrogen and oxygen atoms in total. The number of phenols is 1. The number of carbonyl (C=O) groups is 1. The van der Waals surface area contributed by atoms with Crippen molar-refractivity contribution in [2.75, 3.05) is 7.11 Å². The highest BCUT2D eigenvalue weighted by molar-refractivity contribution is 9.11. The van der Waals surface area contributed by atoms with Gasteiger partial charge in [-0.2, -0.15) is 0 Å². The lowest BCUT2D eigenvalue weighted by atomic mass is 10.1. The molecule has 0 spiro atoms. The topological polar surface area (TPSA) is 58.6 Å². The van der Waals surface area contributed by atoms with E-state index in [4.69, 9.17) is 4.74 Å². The lowest BCUT2D eigenvalue weighted by molar-refractivity contribution is -0.121. The van der Waals surface area contributed by atoms with E-state index in [0.29, 0.717) is 18.7 Å². The molecule has 0 aromatic heterocycles. The van der Waals surface area contributed by atoms with Crippen LogP contribution in [0.25, 0.3) is 0 Å². The molecular weight excluding hydrogens is 370 g/mol. The van der Waals surface area contributed by atoms with E-state index in [1.807, 2.05) is 4.99 Å². The van der Waals surface area contributed by atoms with E-state index in [-0.39, 0.29) is 11.7 Å². The van der Waals surface area contributed by atoms with Gasteiger partial charge in [0.05, 0.1) is 7.11 Å². The van der Waals surface area contributed by atoms with Crippen molar-refractivity contribution in [2.45, 2.75) is 57.9 Å². The fraction of sp³-hybridized carbons (Fsp3) is 0.526. The Morgan fingerprint density at radius 3 is 2.62 bits per heavy atom. The van der Waals surface area contributed by atoms with Gasteiger partial charge in [-0.3, -0.25) is 4.79 Å². The molecule has 1 amide bonds. The highest BCUT2D eigenvalue weighted by atomic mass is 79.9. The lowest BCUT2D eigenvalue weighted by Gasteiger charge is -2.08. The van der Waals surface area contributed by atoms with Crippen molar-refractivity contribution in [1.82, 2.24) is 5.32 Å².